The number of anilines is 1. The SMILES string of the molecule is O=C(Nc1nnns1)c1sc2cccc(Cl)c2c1Cl. The van der Waals surface area contributed by atoms with Gasteiger partial charge in [0, 0.05) is 21.6 Å². The highest BCUT2D eigenvalue weighted by Gasteiger charge is 2.19. The lowest BCUT2D eigenvalue weighted by molar-refractivity contribution is 0.103. The first-order valence-corrected chi connectivity index (χ1v) is 7.34. The maximum Gasteiger partial charge on any atom is 0.269 e. The van der Waals surface area contributed by atoms with Crippen molar-refractivity contribution in [2.24, 2.45) is 0 Å². The molecule has 0 atom stereocenters. The number of halogens is 2. The number of benzene rings is 1. The van der Waals surface area contributed by atoms with E-state index in [4.69, 9.17) is 23.2 Å². The topological polar surface area (TPSA) is 67.8 Å². The Hall–Kier alpha value is -1.28. The van der Waals surface area contributed by atoms with Gasteiger partial charge in [-0.15, -0.1) is 11.3 Å². The molecule has 2 aromatic heterocycles. The van der Waals surface area contributed by atoms with Gasteiger partial charge in [0.2, 0.25) is 5.13 Å². The molecule has 96 valence electrons. The van der Waals surface area contributed by atoms with Gasteiger partial charge >= 0.3 is 0 Å². The zero-order chi connectivity index (χ0) is 13.4. The van der Waals surface area contributed by atoms with E-state index in [-0.39, 0.29) is 5.91 Å². The molecule has 0 bridgehead atoms. The van der Waals surface area contributed by atoms with Crippen LogP contribution in [0.25, 0.3) is 10.1 Å². The van der Waals surface area contributed by atoms with Crippen molar-refractivity contribution in [3.8, 4) is 0 Å². The van der Waals surface area contributed by atoms with Crippen LogP contribution in [0.3, 0.4) is 0 Å². The Bertz CT molecular complexity index is 756. The highest BCUT2D eigenvalue weighted by Crippen LogP contribution is 2.39. The van der Waals surface area contributed by atoms with Crippen LogP contribution in [0.5, 0.6) is 0 Å². The molecule has 1 amide bonds. The quantitative estimate of drug-likeness (QED) is 0.777. The van der Waals surface area contributed by atoms with Crippen molar-refractivity contribution < 1.29 is 4.79 Å². The fourth-order valence-electron chi connectivity index (χ4n) is 1.55. The number of nitrogens with one attached hydrogen (secondary N) is 1. The monoisotopic (exact) mass is 330 g/mol. The number of hydrogen-bond acceptors (Lipinski definition) is 6. The zero-order valence-electron chi connectivity index (χ0n) is 9.05. The Labute approximate surface area is 125 Å². The van der Waals surface area contributed by atoms with Crippen LogP contribution >= 0.6 is 46.1 Å². The highest BCUT2D eigenvalue weighted by atomic mass is 35.5. The van der Waals surface area contributed by atoms with E-state index in [1.807, 2.05) is 12.1 Å². The first-order valence-electron chi connectivity index (χ1n) is 4.99. The number of aromatic nitrogens is 3. The highest BCUT2D eigenvalue weighted by molar-refractivity contribution is 7.22. The predicted octanol–water partition coefficient (Wildman–Crippen LogP) is 3.71. The standard InChI is InChI=1S/C10H4Cl2N4OS2/c11-4-2-1-3-5-6(4)7(12)8(18-5)9(17)13-10-14-15-16-19-10/h1-3H,(H,13,14,16,17). The number of carbonyl (C=O) groups is 1. The average molecular weight is 331 g/mol. The molecule has 0 radical (unpaired) electrons. The number of hydrogen-bond donors (Lipinski definition) is 1. The summed E-state index contributed by atoms with van der Waals surface area (Å²) in [7, 11) is 0. The summed E-state index contributed by atoms with van der Waals surface area (Å²) in [5, 5.41) is 11.5. The molecule has 0 saturated heterocycles. The van der Waals surface area contributed by atoms with Crippen LogP contribution in [0.1, 0.15) is 9.67 Å². The van der Waals surface area contributed by atoms with Gasteiger partial charge in [-0.25, -0.2) is 0 Å². The summed E-state index contributed by atoms with van der Waals surface area (Å²) < 4.78 is 4.42. The Morgan fingerprint density at radius 2 is 2.16 bits per heavy atom. The summed E-state index contributed by atoms with van der Waals surface area (Å²) in [5.74, 6) is -0.346. The van der Waals surface area contributed by atoms with Crippen molar-refractivity contribution in [2.75, 3.05) is 5.32 Å². The number of nitrogens with zero attached hydrogens (tertiary/aromatic N) is 3. The Balaban J connectivity index is 2.03. The van der Waals surface area contributed by atoms with E-state index in [1.54, 1.807) is 6.07 Å². The fraction of sp³-hybridized carbons (Fsp3) is 0. The fourth-order valence-corrected chi connectivity index (χ4v) is 3.76. The Kier molecular flexibility index (Phi) is 3.36. The average Bonchev–Trinajstić information content (AvgIpc) is 2.98. The normalized spacial score (nSPS) is 10.8. The van der Waals surface area contributed by atoms with E-state index in [9.17, 15) is 4.79 Å². The third-order valence-electron chi connectivity index (χ3n) is 2.33. The second-order valence-corrected chi connectivity index (χ2v) is 6.05. The number of amides is 1. The van der Waals surface area contributed by atoms with E-state index < -0.39 is 0 Å². The molecule has 0 aliphatic heterocycles. The van der Waals surface area contributed by atoms with Gasteiger partial charge in [0.05, 0.1) is 10.0 Å². The van der Waals surface area contributed by atoms with Crippen molar-refractivity contribution in [1.29, 1.82) is 0 Å². The van der Waals surface area contributed by atoms with Crippen molar-refractivity contribution in [3.05, 3.63) is 33.1 Å². The van der Waals surface area contributed by atoms with Crippen LogP contribution in [0.2, 0.25) is 10.0 Å². The largest absolute Gasteiger partial charge is 0.294 e. The van der Waals surface area contributed by atoms with Crippen LogP contribution in [-0.2, 0) is 0 Å². The maximum atomic E-state index is 12.1. The second kappa shape index (κ2) is 5.01. The summed E-state index contributed by atoms with van der Waals surface area (Å²) in [6.45, 7) is 0. The van der Waals surface area contributed by atoms with Crippen LogP contribution in [0.15, 0.2) is 18.2 Å². The lowest BCUT2D eigenvalue weighted by Crippen LogP contribution is -2.10. The van der Waals surface area contributed by atoms with Crippen molar-refractivity contribution in [1.82, 2.24) is 14.8 Å². The number of rotatable bonds is 2. The molecule has 9 heteroatoms. The van der Waals surface area contributed by atoms with E-state index in [0.717, 1.165) is 16.2 Å². The van der Waals surface area contributed by atoms with Gasteiger partial charge in [0.25, 0.3) is 5.91 Å². The Morgan fingerprint density at radius 3 is 2.84 bits per heavy atom. The summed E-state index contributed by atoms with van der Waals surface area (Å²) in [4.78, 5) is 12.5. The van der Waals surface area contributed by atoms with Gasteiger partial charge < -0.3 is 0 Å². The first kappa shape index (κ1) is 12.7. The minimum Gasteiger partial charge on any atom is -0.294 e. The molecular formula is C10H4Cl2N4OS2. The second-order valence-electron chi connectivity index (χ2n) is 3.48. The molecule has 0 spiro atoms. The van der Waals surface area contributed by atoms with E-state index in [0.29, 0.717) is 25.4 Å². The molecule has 0 aliphatic rings. The van der Waals surface area contributed by atoms with Gasteiger partial charge in [0.15, 0.2) is 0 Å². The molecule has 0 aliphatic carbocycles. The third kappa shape index (κ3) is 2.30. The summed E-state index contributed by atoms with van der Waals surface area (Å²) in [5.41, 5.74) is 0. The molecule has 3 rings (SSSR count). The summed E-state index contributed by atoms with van der Waals surface area (Å²) in [6.07, 6.45) is 0. The lowest BCUT2D eigenvalue weighted by Gasteiger charge is -1.97. The Morgan fingerprint density at radius 1 is 1.32 bits per heavy atom. The first-order chi connectivity index (χ1) is 9.16. The van der Waals surface area contributed by atoms with E-state index in [2.05, 4.69) is 20.1 Å². The van der Waals surface area contributed by atoms with Crippen LogP contribution in [0, 0.1) is 0 Å². The van der Waals surface area contributed by atoms with Gasteiger partial charge in [0.1, 0.15) is 4.88 Å². The molecule has 1 aromatic carbocycles. The minimum absolute atomic E-state index is 0.324. The van der Waals surface area contributed by atoms with E-state index in [1.165, 1.54) is 11.3 Å². The molecule has 0 unspecified atom stereocenters. The van der Waals surface area contributed by atoms with Crippen LogP contribution in [-0.4, -0.2) is 20.7 Å². The third-order valence-corrected chi connectivity index (χ3v) is 4.80. The molecule has 19 heavy (non-hydrogen) atoms. The molecule has 2 heterocycles. The summed E-state index contributed by atoms with van der Waals surface area (Å²) in [6, 6.07) is 5.41. The van der Waals surface area contributed by atoms with Gasteiger partial charge in [-0.3, -0.25) is 10.1 Å². The van der Waals surface area contributed by atoms with Gasteiger partial charge in [-0.05, 0) is 17.3 Å². The molecule has 3 aromatic rings. The predicted molar refractivity (Wildman–Crippen MR) is 77.5 cm³/mol. The molecular weight excluding hydrogens is 327 g/mol. The molecule has 0 saturated carbocycles. The van der Waals surface area contributed by atoms with Crippen molar-refractivity contribution >= 4 is 67.2 Å². The van der Waals surface area contributed by atoms with Gasteiger partial charge in [-0.2, -0.15) is 0 Å². The van der Waals surface area contributed by atoms with Crippen molar-refractivity contribution in [2.45, 2.75) is 0 Å². The molecule has 1 N–H and O–H groups in total. The molecule has 5 nitrogen and oxygen atoms in total. The van der Waals surface area contributed by atoms with Crippen molar-refractivity contribution in [3.63, 3.8) is 0 Å². The zero-order valence-corrected chi connectivity index (χ0v) is 12.2. The number of thiophene rings is 1. The maximum absolute atomic E-state index is 12.1. The van der Waals surface area contributed by atoms with E-state index >= 15 is 0 Å². The van der Waals surface area contributed by atoms with Gasteiger partial charge in [-0.1, -0.05) is 38.9 Å². The lowest BCUT2D eigenvalue weighted by atomic mass is 10.2. The van der Waals surface area contributed by atoms with Crippen LogP contribution < -0.4 is 5.32 Å². The number of carbonyl (C=O) groups excluding carboxylic acids is 1. The molecule has 0 fully saturated rings. The number of fused-ring (bicyclic) bond motifs is 1. The minimum atomic E-state index is -0.346. The smallest absolute Gasteiger partial charge is 0.269 e. The van der Waals surface area contributed by atoms with Crippen LogP contribution in [0.4, 0.5) is 5.13 Å². The summed E-state index contributed by atoms with van der Waals surface area (Å²) >= 11 is 14.6.